The first-order chi connectivity index (χ1) is 20.0. The van der Waals surface area contributed by atoms with Gasteiger partial charge in [-0.2, -0.15) is 0 Å². The fourth-order valence-corrected chi connectivity index (χ4v) is 4.42. The first-order valence-electron chi connectivity index (χ1n) is 13.8. The van der Waals surface area contributed by atoms with Crippen LogP contribution in [-0.2, 0) is 38.4 Å². The molecular formula is C32H38N4O6. The Balaban J connectivity index is 1.83. The molecule has 3 rings (SSSR count). The van der Waals surface area contributed by atoms with Gasteiger partial charge in [0.1, 0.15) is 23.9 Å². The molecule has 4 unspecified atom stereocenters. The molecule has 0 saturated carbocycles. The zero-order chi connectivity index (χ0) is 30.6. The van der Waals surface area contributed by atoms with Gasteiger partial charge >= 0.3 is 5.97 Å². The largest absolute Gasteiger partial charge is 0.508 e. The minimum Gasteiger partial charge on any atom is -0.508 e. The number of carbonyl (C=O) groups is 4. The third kappa shape index (κ3) is 9.74. The number of aliphatic carboxylic acids is 1. The van der Waals surface area contributed by atoms with E-state index in [4.69, 9.17) is 5.73 Å². The number of carboxylic acid groups (broad SMARTS) is 1. The van der Waals surface area contributed by atoms with Gasteiger partial charge in [-0.05, 0) is 41.2 Å². The number of benzene rings is 3. The van der Waals surface area contributed by atoms with Crippen LogP contribution in [0.5, 0.6) is 5.75 Å². The third-order valence-corrected chi connectivity index (χ3v) is 6.79. The molecule has 0 saturated heterocycles. The highest BCUT2D eigenvalue weighted by molar-refractivity contribution is 5.94. The van der Waals surface area contributed by atoms with Gasteiger partial charge in [-0.3, -0.25) is 14.4 Å². The van der Waals surface area contributed by atoms with Crippen LogP contribution in [0.2, 0.25) is 0 Å². The van der Waals surface area contributed by atoms with Crippen molar-refractivity contribution in [2.45, 2.75) is 57.3 Å². The quantitative estimate of drug-likeness (QED) is 0.171. The first kappa shape index (κ1) is 31.8. The molecule has 0 aliphatic heterocycles. The predicted octanol–water partition coefficient (Wildman–Crippen LogP) is 1.94. The van der Waals surface area contributed by atoms with E-state index in [-0.39, 0.29) is 25.0 Å². The molecule has 10 nitrogen and oxygen atoms in total. The van der Waals surface area contributed by atoms with Crippen molar-refractivity contribution in [2.75, 3.05) is 0 Å². The molecule has 0 heterocycles. The number of phenols is 1. The van der Waals surface area contributed by atoms with Crippen molar-refractivity contribution < 1.29 is 29.4 Å². The molecule has 10 heteroatoms. The molecule has 0 aromatic heterocycles. The van der Waals surface area contributed by atoms with Crippen molar-refractivity contribution in [3.63, 3.8) is 0 Å². The summed E-state index contributed by atoms with van der Waals surface area (Å²) >= 11 is 0. The van der Waals surface area contributed by atoms with Gasteiger partial charge in [-0.1, -0.05) is 86.6 Å². The molecule has 0 aliphatic rings. The van der Waals surface area contributed by atoms with Gasteiger partial charge in [0.05, 0.1) is 6.04 Å². The molecule has 0 spiro atoms. The number of phenolic OH excluding ortho intramolecular Hbond substituents is 1. The van der Waals surface area contributed by atoms with Crippen LogP contribution in [0.3, 0.4) is 0 Å². The summed E-state index contributed by atoms with van der Waals surface area (Å²) in [6.45, 7) is 3.33. The Hall–Kier alpha value is -4.70. The molecule has 0 bridgehead atoms. The van der Waals surface area contributed by atoms with E-state index in [1.54, 1.807) is 26.0 Å². The lowest BCUT2D eigenvalue weighted by Crippen LogP contribution is -2.58. The zero-order valence-electron chi connectivity index (χ0n) is 23.7. The fraction of sp³-hybridized carbons (Fsp3) is 0.312. The summed E-state index contributed by atoms with van der Waals surface area (Å²) in [5.74, 6) is -3.42. The van der Waals surface area contributed by atoms with E-state index in [9.17, 15) is 29.4 Å². The molecule has 7 N–H and O–H groups in total. The second-order valence-corrected chi connectivity index (χ2v) is 10.5. The summed E-state index contributed by atoms with van der Waals surface area (Å²) in [4.78, 5) is 51.9. The SMILES string of the molecule is CC(C)C(NC(=O)C(Cc1ccc(O)cc1)NC(=O)C(Cc1ccccc1)NC(=O)C(N)Cc1ccccc1)C(=O)O. The average Bonchev–Trinajstić information content (AvgIpc) is 2.96. The van der Waals surface area contributed by atoms with E-state index in [0.717, 1.165) is 11.1 Å². The number of nitrogens with two attached hydrogens (primary N) is 1. The number of carboxylic acids is 1. The van der Waals surface area contributed by atoms with Crippen LogP contribution in [0.15, 0.2) is 84.9 Å². The van der Waals surface area contributed by atoms with Crippen LogP contribution >= 0.6 is 0 Å². The summed E-state index contributed by atoms with van der Waals surface area (Å²) in [7, 11) is 0. The van der Waals surface area contributed by atoms with Crippen molar-refractivity contribution in [3.8, 4) is 5.75 Å². The van der Waals surface area contributed by atoms with Crippen LogP contribution < -0.4 is 21.7 Å². The average molecular weight is 575 g/mol. The Bertz CT molecular complexity index is 1330. The molecule has 0 aliphatic carbocycles. The van der Waals surface area contributed by atoms with Crippen molar-refractivity contribution in [1.82, 2.24) is 16.0 Å². The van der Waals surface area contributed by atoms with E-state index >= 15 is 0 Å². The van der Waals surface area contributed by atoms with Crippen molar-refractivity contribution in [1.29, 1.82) is 0 Å². The predicted molar refractivity (Wildman–Crippen MR) is 158 cm³/mol. The maximum Gasteiger partial charge on any atom is 0.326 e. The lowest BCUT2D eigenvalue weighted by Gasteiger charge is -2.26. The van der Waals surface area contributed by atoms with Crippen LogP contribution in [0, 0.1) is 5.92 Å². The van der Waals surface area contributed by atoms with Crippen LogP contribution in [0.25, 0.3) is 0 Å². The van der Waals surface area contributed by atoms with E-state index in [1.165, 1.54) is 12.1 Å². The zero-order valence-corrected chi connectivity index (χ0v) is 23.7. The Morgan fingerprint density at radius 3 is 1.55 bits per heavy atom. The van der Waals surface area contributed by atoms with Gasteiger partial charge in [0.25, 0.3) is 0 Å². The Morgan fingerprint density at radius 1 is 0.643 bits per heavy atom. The monoisotopic (exact) mass is 574 g/mol. The summed E-state index contributed by atoms with van der Waals surface area (Å²) in [5.41, 5.74) is 8.45. The van der Waals surface area contributed by atoms with Crippen LogP contribution in [0.4, 0.5) is 0 Å². The number of rotatable bonds is 14. The maximum absolute atomic E-state index is 13.7. The number of hydrogen-bond donors (Lipinski definition) is 6. The molecule has 0 fully saturated rings. The Kier molecular flexibility index (Phi) is 11.6. The minimum absolute atomic E-state index is 0.0157. The fourth-order valence-electron chi connectivity index (χ4n) is 4.42. The summed E-state index contributed by atoms with van der Waals surface area (Å²) in [5, 5.41) is 27.2. The molecule has 3 aromatic carbocycles. The normalized spacial score (nSPS) is 13.8. The molecule has 4 atom stereocenters. The maximum atomic E-state index is 13.7. The van der Waals surface area contributed by atoms with E-state index in [0.29, 0.717) is 5.56 Å². The van der Waals surface area contributed by atoms with Gasteiger partial charge in [0.15, 0.2) is 0 Å². The third-order valence-electron chi connectivity index (χ3n) is 6.79. The van der Waals surface area contributed by atoms with Crippen molar-refractivity contribution >= 4 is 23.7 Å². The summed E-state index contributed by atoms with van der Waals surface area (Å²) in [6.07, 6.45) is 0.416. The van der Waals surface area contributed by atoms with Gasteiger partial charge in [-0.15, -0.1) is 0 Å². The molecule has 42 heavy (non-hydrogen) atoms. The molecule has 0 radical (unpaired) electrons. The van der Waals surface area contributed by atoms with E-state index in [1.807, 2.05) is 60.7 Å². The highest BCUT2D eigenvalue weighted by atomic mass is 16.4. The van der Waals surface area contributed by atoms with E-state index < -0.39 is 53.8 Å². The number of amides is 3. The number of carbonyl (C=O) groups excluding carboxylic acids is 3. The number of aromatic hydroxyl groups is 1. The highest BCUT2D eigenvalue weighted by Gasteiger charge is 2.31. The van der Waals surface area contributed by atoms with Crippen molar-refractivity contribution in [2.24, 2.45) is 11.7 Å². The molecular weight excluding hydrogens is 536 g/mol. The summed E-state index contributed by atoms with van der Waals surface area (Å²) < 4.78 is 0. The Labute approximate surface area is 245 Å². The lowest BCUT2D eigenvalue weighted by molar-refractivity contribution is -0.143. The Morgan fingerprint density at radius 2 is 1.07 bits per heavy atom. The standard InChI is InChI=1S/C32H38N4O6/c1-20(2)28(32(41)42)36-31(40)27(19-23-13-15-24(37)16-14-23)35-30(39)26(18-22-11-7-4-8-12-22)34-29(38)25(33)17-21-9-5-3-6-10-21/h3-16,20,25-28,37H,17-19,33H2,1-2H3,(H,34,38)(H,35,39)(H,36,40)(H,41,42). The first-order valence-corrected chi connectivity index (χ1v) is 13.8. The topological polar surface area (TPSA) is 171 Å². The smallest absolute Gasteiger partial charge is 0.326 e. The highest BCUT2D eigenvalue weighted by Crippen LogP contribution is 2.13. The van der Waals surface area contributed by atoms with Crippen LogP contribution in [-0.4, -0.2) is 58.1 Å². The lowest BCUT2D eigenvalue weighted by atomic mass is 10.00. The van der Waals surface area contributed by atoms with Gasteiger partial charge in [-0.25, -0.2) is 4.79 Å². The minimum atomic E-state index is -1.20. The second kappa shape index (κ2) is 15.3. The van der Waals surface area contributed by atoms with Gasteiger partial charge < -0.3 is 31.9 Å². The number of hydrogen-bond acceptors (Lipinski definition) is 6. The van der Waals surface area contributed by atoms with Crippen molar-refractivity contribution in [3.05, 3.63) is 102 Å². The molecule has 3 amide bonds. The molecule has 3 aromatic rings. The summed E-state index contributed by atoms with van der Waals surface area (Å²) in [6, 6.07) is 20.1. The molecule has 222 valence electrons. The van der Waals surface area contributed by atoms with Gasteiger partial charge in [0.2, 0.25) is 17.7 Å². The van der Waals surface area contributed by atoms with Crippen LogP contribution in [0.1, 0.15) is 30.5 Å². The van der Waals surface area contributed by atoms with E-state index in [2.05, 4.69) is 16.0 Å². The number of nitrogens with one attached hydrogen (secondary N) is 3. The van der Waals surface area contributed by atoms with Gasteiger partial charge in [0, 0.05) is 12.8 Å². The second-order valence-electron chi connectivity index (χ2n) is 10.5.